The molecular formula is C43H72LiO4P. The van der Waals surface area contributed by atoms with Crippen molar-refractivity contribution in [3.05, 3.63) is 46.5 Å². The standard InChI is InChI=1S/C43H71O4P.Li.H/c1-12-18-21-33(15-4)28-45-37-26-38(46-29-34(16-5)22-19-13-2)41(39(27-37)47-30-35(17-6)23-20-14-3)48-42(44)40-31(7)24-36(25-32(40)8)43(9,10)11;;/h24-27,33-35,48H,12-23,28-30H2,1-11H3;;/q;+1;-1. The van der Waals surface area contributed by atoms with Crippen LogP contribution in [0.1, 0.15) is 168 Å². The fraction of sp³-hybridized carbons (Fsp3) is 0.698. The molecular weight excluding hydrogens is 618 g/mol. The molecule has 0 aliphatic rings. The first-order valence-corrected chi connectivity index (χ1v) is 20.4. The van der Waals surface area contributed by atoms with E-state index >= 15 is 0 Å². The minimum absolute atomic E-state index is 0. The molecule has 0 amide bonds. The van der Waals surface area contributed by atoms with Gasteiger partial charge in [-0.15, -0.1) is 0 Å². The molecule has 0 aromatic heterocycles. The van der Waals surface area contributed by atoms with Crippen LogP contribution in [0.2, 0.25) is 0 Å². The van der Waals surface area contributed by atoms with Crippen LogP contribution < -0.4 is 38.4 Å². The summed E-state index contributed by atoms with van der Waals surface area (Å²) in [7, 11) is -0.111. The Morgan fingerprint density at radius 2 is 1.06 bits per heavy atom. The van der Waals surface area contributed by atoms with Crippen LogP contribution in [0.15, 0.2) is 24.3 Å². The summed E-state index contributed by atoms with van der Waals surface area (Å²) >= 11 is 0. The van der Waals surface area contributed by atoms with Gasteiger partial charge in [0, 0.05) is 17.7 Å². The fourth-order valence-electron chi connectivity index (χ4n) is 6.25. The van der Waals surface area contributed by atoms with E-state index in [1.165, 1.54) is 50.5 Å². The average molecular weight is 691 g/mol. The number of aryl methyl sites for hydroxylation is 2. The number of ether oxygens (including phenoxy) is 3. The van der Waals surface area contributed by atoms with Crippen molar-refractivity contribution in [2.45, 2.75) is 159 Å². The van der Waals surface area contributed by atoms with Crippen LogP contribution in [0.5, 0.6) is 17.2 Å². The molecule has 2 aromatic rings. The maximum Gasteiger partial charge on any atom is 1.00 e. The maximum absolute atomic E-state index is 14.3. The van der Waals surface area contributed by atoms with Crippen LogP contribution in [0.25, 0.3) is 0 Å². The Morgan fingerprint density at radius 3 is 1.41 bits per heavy atom. The molecule has 0 N–H and O–H groups in total. The third-order valence-electron chi connectivity index (χ3n) is 9.97. The number of hydrogen-bond acceptors (Lipinski definition) is 4. The SMILES string of the molecule is CCCCC(CC)COc1cc(OCC(CC)CCCC)c(PC(=O)c2c(C)cc(C(C)(C)C)cc2C)c(OCC(CC)CCCC)c1.[H-].[Li+]. The number of hydrogen-bond donors (Lipinski definition) is 0. The largest absolute Gasteiger partial charge is 1.00 e. The van der Waals surface area contributed by atoms with E-state index in [9.17, 15) is 4.79 Å². The second-order valence-corrected chi connectivity index (χ2v) is 16.4. The van der Waals surface area contributed by atoms with E-state index in [-0.39, 0.29) is 39.8 Å². The zero-order valence-electron chi connectivity index (χ0n) is 34.8. The van der Waals surface area contributed by atoms with Crippen molar-refractivity contribution in [3.63, 3.8) is 0 Å². The molecule has 4 nitrogen and oxygen atoms in total. The Bertz CT molecular complexity index is 1180. The molecule has 0 heterocycles. The van der Waals surface area contributed by atoms with Crippen LogP contribution in [-0.4, -0.2) is 25.3 Å². The molecule has 0 aliphatic carbocycles. The minimum Gasteiger partial charge on any atom is -1.00 e. The Labute approximate surface area is 317 Å². The van der Waals surface area contributed by atoms with E-state index in [1.807, 2.05) is 12.1 Å². The van der Waals surface area contributed by atoms with Crippen molar-refractivity contribution in [3.8, 4) is 17.2 Å². The van der Waals surface area contributed by atoms with E-state index in [0.29, 0.717) is 37.6 Å². The number of unbranched alkanes of at least 4 members (excludes halogenated alkanes) is 3. The van der Waals surface area contributed by atoms with E-state index in [0.717, 1.165) is 71.3 Å². The van der Waals surface area contributed by atoms with Crippen molar-refractivity contribution >= 4 is 19.4 Å². The topological polar surface area (TPSA) is 44.8 Å². The van der Waals surface area contributed by atoms with Gasteiger partial charge in [0.25, 0.3) is 0 Å². The van der Waals surface area contributed by atoms with Crippen LogP contribution in [0.3, 0.4) is 0 Å². The summed E-state index contributed by atoms with van der Waals surface area (Å²) in [5, 5.41) is 0.875. The van der Waals surface area contributed by atoms with Crippen LogP contribution in [-0.2, 0) is 5.41 Å². The first kappa shape index (κ1) is 45.6. The number of carbonyl (C=O) groups excluding carboxylic acids is 1. The van der Waals surface area contributed by atoms with Crippen molar-refractivity contribution in [1.29, 1.82) is 0 Å². The Hall–Kier alpha value is -1.46. The molecule has 0 radical (unpaired) electrons. The minimum atomic E-state index is -0.111. The second-order valence-electron chi connectivity index (χ2n) is 15.2. The van der Waals surface area contributed by atoms with Crippen molar-refractivity contribution in [2.75, 3.05) is 19.8 Å². The van der Waals surface area contributed by atoms with Crippen molar-refractivity contribution < 1.29 is 39.3 Å². The van der Waals surface area contributed by atoms with E-state index < -0.39 is 0 Å². The molecule has 6 heteroatoms. The van der Waals surface area contributed by atoms with Gasteiger partial charge in [-0.2, -0.15) is 0 Å². The zero-order valence-corrected chi connectivity index (χ0v) is 34.8. The summed E-state index contributed by atoms with van der Waals surface area (Å²) in [4.78, 5) is 14.3. The molecule has 49 heavy (non-hydrogen) atoms. The summed E-state index contributed by atoms with van der Waals surface area (Å²) in [6.45, 7) is 26.3. The normalized spacial score (nSPS) is 13.6. The molecule has 0 bridgehead atoms. The molecule has 0 saturated heterocycles. The fourth-order valence-corrected chi connectivity index (χ4v) is 7.54. The first-order chi connectivity index (χ1) is 22.9. The molecule has 2 aromatic carbocycles. The van der Waals surface area contributed by atoms with Gasteiger partial charge in [-0.3, -0.25) is 4.79 Å². The summed E-state index contributed by atoms with van der Waals surface area (Å²) < 4.78 is 20.0. The van der Waals surface area contributed by atoms with E-state index in [2.05, 4.69) is 88.3 Å². The summed E-state index contributed by atoms with van der Waals surface area (Å²) in [5.41, 5.74) is 4.31. The third-order valence-corrected chi connectivity index (χ3v) is 11.2. The van der Waals surface area contributed by atoms with Crippen molar-refractivity contribution in [1.82, 2.24) is 0 Å². The van der Waals surface area contributed by atoms with Crippen LogP contribution in [0, 0.1) is 31.6 Å². The van der Waals surface area contributed by atoms with Crippen LogP contribution >= 0.6 is 8.58 Å². The number of benzene rings is 2. The second kappa shape index (κ2) is 23.9. The average Bonchev–Trinajstić information content (AvgIpc) is 3.05. The summed E-state index contributed by atoms with van der Waals surface area (Å²) in [6, 6.07) is 8.47. The van der Waals surface area contributed by atoms with Gasteiger partial charge in [0.2, 0.25) is 0 Å². The monoisotopic (exact) mass is 691 g/mol. The molecule has 2 rings (SSSR count). The smallest absolute Gasteiger partial charge is 1.00 e. The number of carbonyl (C=O) groups is 1. The maximum atomic E-state index is 14.3. The van der Waals surface area contributed by atoms with Gasteiger partial charge in [0.1, 0.15) is 17.2 Å². The van der Waals surface area contributed by atoms with Gasteiger partial charge in [-0.25, -0.2) is 0 Å². The van der Waals surface area contributed by atoms with E-state index in [1.54, 1.807) is 0 Å². The van der Waals surface area contributed by atoms with Crippen molar-refractivity contribution in [2.24, 2.45) is 17.8 Å². The van der Waals surface area contributed by atoms with Gasteiger partial charge in [-0.05, 0) is 81.5 Å². The molecule has 0 saturated carbocycles. The van der Waals surface area contributed by atoms with Crippen LogP contribution in [0.4, 0.5) is 0 Å². The van der Waals surface area contributed by atoms with Gasteiger partial charge >= 0.3 is 18.9 Å². The first-order valence-electron chi connectivity index (χ1n) is 19.4. The van der Waals surface area contributed by atoms with Gasteiger partial charge in [-0.1, -0.05) is 132 Å². The third kappa shape index (κ3) is 15.4. The predicted octanol–water partition coefficient (Wildman–Crippen LogP) is 9.65. The molecule has 4 atom stereocenters. The van der Waals surface area contributed by atoms with Gasteiger partial charge in [0.05, 0.1) is 25.1 Å². The quantitative estimate of drug-likeness (QED) is 0.0813. The summed E-state index contributed by atoms with van der Waals surface area (Å²) in [5.74, 6) is 3.72. The molecule has 0 aliphatic heterocycles. The van der Waals surface area contributed by atoms with E-state index in [4.69, 9.17) is 14.2 Å². The molecule has 0 spiro atoms. The molecule has 4 unspecified atom stereocenters. The Kier molecular flexibility index (Phi) is 22.2. The molecule has 274 valence electrons. The predicted molar refractivity (Wildman–Crippen MR) is 211 cm³/mol. The Balaban J connectivity index is 0.0000120. The van der Waals surface area contributed by atoms with Gasteiger partial charge < -0.3 is 15.6 Å². The molecule has 0 fully saturated rings. The zero-order chi connectivity index (χ0) is 35.7. The van der Waals surface area contributed by atoms with Gasteiger partial charge in [0.15, 0.2) is 5.52 Å². The Morgan fingerprint density at radius 1 is 0.673 bits per heavy atom. The summed E-state index contributed by atoms with van der Waals surface area (Å²) in [6.07, 6.45) is 13.9. The number of rotatable bonds is 24.